The zero-order chi connectivity index (χ0) is 10.7. The summed E-state index contributed by atoms with van der Waals surface area (Å²) in [4.78, 5) is 11.2. The molecule has 0 saturated carbocycles. The van der Waals surface area contributed by atoms with Gasteiger partial charge in [-0.1, -0.05) is 23.2 Å². The van der Waals surface area contributed by atoms with Crippen LogP contribution in [0.3, 0.4) is 0 Å². The first-order valence-corrected chi connectivity index (χ1v) is 4.33. The van der Waals surface area contributed by atoms with E-state index in [-0.39, 0.29) is 21.2 Å². The van der Waals surface area contributed by atoms with E-state index >= 15 is 0 Å². The van der Waals surface area contributed by atoms with Gasteiger partial charge >= 0.3 is 5.97 Å². The van der Waals surface area contributed by atoms with Crippen molar-refractivity contribution in [3.63, 3.8) is 0 Å². The monoisotopic (exact) mass is 229 g/mol. The van der Waals surface area contributed by atoms with Crippen LogP contribution in [0.1, 0.15) is 15.9 Å². The lowest BCUT2D eigenvalue weighted by molar-refractivity contribution is 0.0600. The van der Waals surface area contributed by atoms with E-state index in [4.69, 9.17) is 28.5 Å². The lowest BCUT2D eigenvalue weighted by Gasteiger charge is -2.05. The fraction of sp³-hybridized carbons (Fsp3) is 0.111. The summed E-state index contributed by atoms with van der Waals surface area (Å²) in [5, 5.41) is 9.10. The number of rotatable bonds is 1. The molecule has 0 aliphatic carbocycles. The number of hydrogen-bond donors (Lipinski definition) is 0. The number of carbonyl (C=O) groups is 1. The van der Waals surface area contributed by atoms with Crippen molar-refractivity contribution in [2.45, 2.75) is 0 Å². The number of nitrogens with zero attached hydrogens (tertiary/aromatic N) is 1. The summed E-state index contributed by atoms with van der Waals surface area (Å²) in [5.74, 6) is -0.672. The normalized spacial score (nSPS) is 9.29. The number of methoxy groups -OCH3 is 1. The van der Waals surface area contributed by atoms with Crippen LogP contribution in [0.25, 0.3) is 0 Å². The number of ether oxygens (including phenoxy) is 1. The number of benzene rings is 1. The van der Waals surface area contributed by atoms with E-state index in [1.54, 1.807) is 6.07 Å². The maximum atomic E-state index is 11.2. The van der Waals surface area contributed by atoms with Crippen LogP contribution >= 0.6 is 23.2 Å². The summed E-state index contributed by atoms with van der Waals surface area (Å²) < 4.78 is 4.48. The maximum absolute atomic E-state index is 11.2. The topological polar surface area (TPSA) is 50.1 Å². The zero-order valence-electron chi connectivity index (χ0n) is 7.17. The van der Waals surface area contributed by atoms with Crippen molar-refractivity contribution in [1.82, 2.24) is 0 Å². The van der Waals surface area contributed by atoms with E-state index in [0.717, 1.165) is 0 Å². The third-order valence-corrected chi connectivity index (χ3v) is 2.23. The molecule has 0 atom stereocenters. The van der Waals surface area contributed by atoms with Gasteiger partial charge < -0.3 is 4.74 Å². The molecule has 5 heteroatoms. The molecule has 0 heterocycles. The van der Waals surface area contributed by atoms with E-state index in [9.17, 15) is 4.79 Å². The molecule has 1 rings (SSSR count). The van der Waals surface area contributed by atoms with E-state index in [1.165, 1.54) is 19.2 Å². The number of halogens is 2. The van der Waals surface area contributed by atoms with Crippen LogP contribution in [-0.2, 0) is 4.74 Å². The minimum Gasteiger partial charge on any atom is -0.465 e. The van der Waals surface area contributed by atoms with Gasteiger partial charge in [0.25, 0.3) is 0 Å². The molecule has 0 saturated heterocycles. The molecular formula is C9H5Cl2NO2. The number of carbonyl (C=O) groups excluding carboxylic acids is 1. The Bertz CT molecular complexity index is 424. The Morgan fingerprint density at radius 2 is 2.00 bits per heavy atom. The van der Waals surface area contributed by atoms with Gasteiger partial charge in [0.1, 0.15) is 6.07 Å². The van der Waals surface area contributed by atoms with Gasteiger partial charge in [0.05, 0.1) is 28.3 Å². The molecule has 1 aromatic carbocycles. The highest BCUT2D eigenvalue weighted by molar-refractivity contribution is 6.36. The largest absolute Gasteiger partial charge is 0.465 e. The summed E-state index contributed by atoms with van der Waals surface area (Å²) >= 11 is 11.5. The molecule has 0 fully saturated rings. The summed E-state index contributed by atoms with van der Waals surface area (Å²) in [6.07, 6.45) is 0. The van der Waals surface area contributed by atoms with Crippen molar-refractivity contribution >= 4 is 29.2 Å². The zero-order valence-corrected chi connectivity index (χ0v) is 8.69. The lowest BCUT2D eigenvalue weighted by atomic mass is 10.1. The van der Waals surface area contributed by atoms with Gasteiger partial charge in [-0.3, -0.25) is 0 Å². The fourth-order valence-corrected chi connectivity index (χ4v) is 1.40. The standard InChI is InChI=1S/C9H5Cl2NO2/c1-14-9(13)8-5(4-12)6(10)2-3-7(8)11/h2-3H,1H3. The molecule has 72 valence electrons. The average Bonchev–Trinajstić information content (AvgIpc) is 2.19. The van der Waals surface area contributed by atoms with E-state index in [1.807, 2.05) is 0 Å². The highest BCUT2D eigenvalue weighted by Crippen LogP contribution is 2.26. The van der Waals surface area contributed by atoms with Crippen molar-refractivity contribution in [3.8, 4) is 6.07 Å². The van der Waals surface area contributed by atoms with Crippen LogP contribution < -0.4 is 0 Å². The third-order valence-electron chi connectivity index (χ3n) is 1.60. The highest BCUT2D eigenvalue weighted by atomic mass is 35.5. The molecular weight excluding hydrogens is 225 g/mol. The van der Waals surface area contributed by atoms with Crippen molar-refractivity contribution < 1.29 is 9.53 Å². The van der Waals surface area contributed by atoms with E-state index in [2.05, 4.69) is 4.74 Å². The Labute approximate surface area is 90.8 Å². The minimum absolute atomic E-state index is 0.00386. The Morgan fingerprint density at radius 1 is 1.43 bits per heavy atom. The van der Waals surface area contributed by atoms with Crippen LogP contribution in [0.15, 0.2) is 12.1 Å². The van der Waals surface area contributed by atoms with Crippen LogP contribution in [0, 0.1) is 11.3 Å². The molecule has 0 amide bonds. The van der Waals surface area contributed by atoms with Crippen molar-refractivity contribution in [3.05, 3.63) is 33.3 Å². The van der Waals surface area contributed by atoms with Gasteiger partial charge in [-0.2, -0.15) is 5.26 Å². The Hall–Kier alpha value is -1.24. The van der Waals surface area contributed by atoms with Crippen LogP contribution in [0.4, 0.5) is 0 Å². The number of hydrogen-bond acceptors (Lipinski definition) is 3. The van der Waals surface area contributed by atoms with E-state index in [0.29, 0.717) is 0 Å². The van der Waals surface area contributed by atoms with Crippen LogP contribution in [0.2, 0.25) is 10.0 Å². The summed E-state index contributed by atoms with van der Waals surface area (Å²) in [6, 6.07) is 4.70. The molecule has 0 aliphatic heterocycles. The van der Waals surface area contributed by atoms with Gasteiger partial charge in [-0.15, -0.1) is 0 Å². The van der Waals surface area contributed by atoms with Crippen molar-refractivity contribution in [2.24, 2.45) is 0 Å². The van der Waals surface area contributed by atoms with Gasteiger partial charge in [-0.25, -0.2) is 4.79 Å². The fourth-order valence-electron chi connectivity index (χ4n) is 0.963. The molecule has 3 nitrogen and oxygen atoms in total. The summed E-state index contributed by atoms with van der Waals surface area (Å²) in [7, 11) is 1.21. The molecule has 14 heavy (non-hydrogen) atoms. The van der Waals surface area contributed by atoms with Gasteiger partial charge in [0.15, 0.2) is 0 Å². The first-order valence-electron chi connectivity index (χ1n) is 3.58. The average molecular weight is 230 g/mol. The molecule has 0 unspecified atom stereocenters. The molecule has 1 aromatic rings. The first kappa shape index (κ1) is 10.8. The van der Waals surface area contributed by atoms with Crippen LogP contribution in [0.5, 0.6) is 0 Å². The smallest absolute Gasteiger partial charge is 0.340 e. The second-order valence-corrected chi connectivity index (χ2v) is 3.20. The Balaban J connectivity index is 3.47. The second kappa shape index (κ2) is 4.32. The predicted molar refractivity (Wildman–Crippen MR) is 52.5 cm³/mol. The SMILES string of the molecule is COC(=O)c1c(Cl)ccc(Cl)c1C#N. The number of esters is 1. The van der Waals surface area contributed by atoms with Gasteiger partial charge in [0, 0.05) is 0 Å². The Kier molecular flexibility index (Phi) is 3.34. The van der Waals surface area contributed by atoms with Gasteiger partial charge in [-0.05, 0) is 12.1 Å². The molecule has 0 N–H and O–H groups in total. The number of nitriles is 1. The minimum atomic E-state index is -0.672. The molecule has 0 aromatic heterocycles. The lowest BCUT2D eigenvalue weighted by Crippen LogP contribution is -2.05. The molecule has 0 bridgehead atoms. The predicted octanol–water partition coefficient (Wildman–Crippen LogP) is 2.65. The molecule has 0 radical (unpaired) electrons. The maximum Gasteiger partial charge on any atom is 0.340 e. The van der Waals surface area contributed by atoms with Gasteiger partial charge in [0.2, 0.25) is 0 Å². The van der Waals surface area contributed by atoms with Crippen molar-refractivity contribution in [2.75, 3.05) is 7.11 Å². The van der Waals surface area contributed by atoms with Crippen LogP contribution in [-0.4, -0.2) is 13.1 Å². The quantitative estimate of drug-likeness (QED) is 0.696. The van der Waals surface area contributed by atoms with E-state index < -0.39 is 5.97 Å². The highest BCUT2D eigenvalue weighted by Gasteiger charge is 2.18. The Morgan fingerprint density at radius 3 is 2.50 bits per heavy atom. The third kappa shape index (κ3) is 1.82. The molecule has 0 aliphatic rings. The summed E-state index contributed by atoms with van der Waals surface area (Å²) in [5.41, 5.74) is 0.0372. The molecule has 0 spiro atoms. The van der Waals surface area contributed by atoms with Crippen molar-refractivity contribution in [1.29, 1.82) is 5.26 Å². The first-order chi connectivity index (χ1) is 6.61. The second-order valence-electron chi connectivity index (χ2n) is 2.38. The summed E-state index contributed by atoms with van der Waals surface area (Å²) in [6.45, 7) is 0.